The lowest BCUT2D eigenvalue weighted by atomic mass is 9.86. The Balaban J connectivity index is 2.06. The summed E-state index contributed by atoms with van der Waals surface area (Å²) < 4.78 is 11.8. The summed E-state index contributed by atoms with van der Waals surface area (Å²) in [5.74, 6) is 2.25. The lowest BCUT2D eigenvalue weighted by Gasteiger charge is -2.20. The average Bonchev–Trinajstić information content (AvgIpc) is 2.52. The minimum absolute atomic E-state index is 0.194. The molecule has 0 fully saturated rings. The molecule has 3 rings (SSSR count). The van der Waals surface area contributed by atoms with Crippen LogP contribution in [0, 0.1) is 5.92 Å². The first kappa shape index (κ1) is 12.8. The zero-order chi connectivity index (χ0) is 13.6. The maximum Gasteiger partial charge on any atom is 0.161 e. The Bertz CT molecular complexity index is 496. The Morgan fingerprint density at radius 3 is 2.42 bits per heavy atom. The Labute approximate surface area is 115 Å². The normalized spacial score (nSPS) is 27.8. The molecule has 1 aromatic carbocycles. The van der Waals surface area contributed by atoms with E-state index in [1.165, 1.54) is 11.1 Å². The summed E-state index contributed by atoms with van der Waals surface area (Å²) in [6.45, 7) is 8.23. The van der Waals surface area contributed by atoms with E-state index < -0.39 is 0 Å². The van der Waals surface area contributed by atoms with E-state index in [-0.39, 0.29) is 5.41 Å². The second kappa shape index (κ2) is 4.41. The quantitative estimate of drug-likeness (QED) is 0.843. The van der Waals surface area contributed by atoms with Crippen molar-refractivity contribution in [2.24, 2.45) is 5.92 Å². The van der Waals surface area contributed by atoms with Crippen LogP contribution < -0.4 is 14.8 Å². The van der Waals surface area contributed by atoms with Crippen LogP contribution in [0.1, 0.15) is 44.4 Å². The molecule has 3 nitrogen and oxygen atoms in total. The summed E-state index contributed by atoms with van der Waals surface area (Å²) in [6.07, 6.45) is 1.12. The average molecular weight is 261 g/mol. The van der Waals surface area contributed by atoms with Gasteiger partial charge >= 0.3 is 0 Å². The third kappa shape index (κ3) is 2.10. The molecule has 0 spiro atoms. The van der Waals surface area contributed by atoms with Crippen LogP contribution in [0.5, 0.6) is 11.5 Å². The fourth-order valence-electron chi connectivity index (χ4n) is 3.18. The van der Waals surface area contributed by atoms with Crippen LogP contribution in [0.4, 0.5) is 0 Å². The Morgan fingerprint density at radius 1 is 1.16 bits per heavy atom. The number of ether oxygens (including phenoxy) is 2. The third-order valence-electron chi connectivity index (χ3n) is 4.33. The summed E-state index contributed by atoms with van der Waals surface area (Å²) in [5.41, 5.74) is 2.95. The lowest BCUT2D eigenvalue weighted by Crippen LogP contribution is -2.17. The van der Waals surface area contributed by atoms with Crippen LogP contribution in [0.25, 0.3) is 0 Å². The van der Waals surface area contributed by atoms with Gasteiger partial charge in [-0.15, -0.1) is 0 Å². The van der Waals surface area contributed by atoms with Gasteiger partial charge < -0.3 is 14.8 Å². The van der Waals surface area contributed by atoms with Crippen molar-refractivity contribution in [1.29, 1.82) is 0 Å². The van der Waals surface area contributed by atoms with Gasteiger partial charge in [-0.2, -0.15) is 0 Å². The predicted molar refractivity (Wildman–Crippen MR) is 76.0 cm³/mol. The number of nitrogens with one attached hydrogen (secondary N) is 1. The molecule has 1 aliphatic carbocycles. The van der Waals surface area contributed by atoms with E-state index in [1.807, 2.05) is 7.05 Å². The molecule has 104 valence electrons. The first-order valence-electron chi connectivity index (χ1n) is 7.12. The molecule has 0 saturated heterocycles. The van der Waals surface area contributed by atoms with Gasteiger partial charge in [-0.05, 0) is 42.1 Å². The van der Waals surface area contributed by atoms with Crippen LogP contribution in [-0.4, -0.2) is 20.3 Å². The van der Waals surface area contributed by atoms with Gasteiger partial charge in [0.25, 0.3) is 0 Å². The second-order valence-electron chi connectivity index (χ2n) is 6.54. The smallest absolute Gasteiger partial charge is 0.161 e. The second-order valence-corrected chi connectivity index (χ2v) is 6.54. The largest absolute Gasteiger partial charge is 0.489 e. The third-order valence-corrected chi connectivity index (χ3v) is 4.33. The van der Waals surface area contributed by atoms with Gasteiger partial charge in [0.2, 0.25) is 0 Å². The van der Waals surface area contributed by atoms with Crippen LogP contribution in [0.15, 0.2) is 12.1 Å². The van der Waals surface area contributed by atoms with Gasteiger partial charge in [0.05, 0.1) is 13.2 Å². The topological polar surface area (TPSA) is 30.5 Å². The summed E-state index contributed by atoms with van der Waals surface area (Å²) in [7, 11) is 2.03. The maximum atomic E-state index is 5.90. The lowest BCUT2D eigenvalue weighted by molar-refractivity contribution is 0.228. The molecule has 1 aromatic rings. The van der Waals surface area contributed by atoms with Crippen molar-refractivity contribution in [2.75, 3.05) is 20.3 Å². The fraction of sp³-hybridized carbons (Fsp3) is 0.625. The van der Waals surface area contributed by atoms with Crippen LogP contribution in [0.2, 0.25) is 0 Å². The fourth-order valence-corrected chi connectivity index (χ4v) is 3.18. The molecular weight excluding hydrogens is 238 g/mol. The highest BCUT2D eigenvalue weighted by Gasteiger charge is 2.37. The standard InChI is InChI=1S/C16H23NO2/c1-10-8-18-14-5-11-12(6-15(14)19-9-10)16(2,3)7-13(11)17-4/h5-6,10,13,17H,7-9H2,1-4H3. The molecular formula is C16H23NO2. The predicted octanol–water partition coefficient (Wildman–Crippen LogP) is 3.04. The molecule has 1 N–H and O–H groups in total. The van der Waals surface area contributed by atoms with Gasteiger partial charge in [-0.3, -0.25) is 0 Å². The van der Waals surface area contributed by atoms with Gasteiger partial charge in [0.15, 0.2) is 11.5 Å². The molecule has 2 atom stereocenters. The SMILES string of the molecule is CNC1CC(C)(C)c2cc3c(cc21)OCC(C)CO3. The van der Waals surface area contributed by atoms with Gasteiger partial charge in [0, 0.05) is 12.0 Å². The van der Waals surface area contributed by atoms with Crippen molar-refractivity contribution in [3.63, 3.8) is 0 Å². The van der Waals surface area contributed by atoms with Gasteiger partial charge in [-0.25, -0.2) is 0 Å². The Morgan fingerprint density at radius 2 is 1.79 bits per heavy atom. The molecule has 0 bridgehead atoms. The number of hydrogen-bond donors (Lipinski definition) is 1. The maximum absolute atomic E-state index is 5.90. The number of benzene rings is 1. The van der Waals surface area contributed by atoms with Crippen molar-refractivity contribution < 1.29 is 9.47 Å². The summed E-state index contributed by atoms with van der Waals surface area (Å²) >= 11 is 0. The molecule has 19 heavy (non-hydrogen) atoms. The van der Waals surface area contributed by atoms with E-state index in [1.54, 1.807) is 0 Å². The molecule has 0 aromatic heterocycles. The van der Waals surface area contributed by atoms with E-state index in [0.29, 0.717) is 12.0 Å². The Hall–Kier alpha value is -1.22. The number of fused-ring (bicyclic) bond motifs is 2. The summed E-state index contributed by atoms with van der Waals surface area (Å²) in [6, 6.07) is 4.79. The van der Waals surface area contributed by atoms with Crippen LogP contribution in [0.3, 0.4) is 0 Å². The molecule has 3 heteroatoms. The molecule has 2 aliphatic rings. The highest BCUT2D eigenvalue weighted by atomic mass is 16.5. The monoisotopic (exact) mass is 261 g/mol. The summed E-state index contributed by atoms with van der Waals surface area (Å²) in [5, 5.41) is 3.41. The number of rotatable bonds is 1. The highest BCUT2D eigenvalue weighted by Crippen LogP contribution is 2.48. The first-order chi connectivity index (χ1) is 9.01. The van der Waals surface area contributed by atoms with Gasteiger partial charge in [-0.1, -0.05) is 20.8 Å². The minimum Gasteiger partial charge on any atom is -0.489 e. The van der Waals surface area contributed by atoms with Crippen molar-refractivity contribution in [1.82, 2.24) is 5.32 Å². The van der Waals surface area contributed by atoms with E-state index in [0.717, 1.165) is 31.1 Å². The van der Waals surface area contributed by atoms with Crippen molar-refractivity contribution in [3.05, 3.63) is 23.3 Å². The van der Waals surface area contributed by atoms with Crippen molar-refractivity contribution in [3.8, 4) is 11.5 Å². The summed E-state index contributed by atoms with van der Waals surface area (Å²) in [4.78, 5) is 0. The molecule has 1 heterocycles. The molecule has 0 amide bonds. The van der Waals surface area contributed by atoms with Crippen LogP contribution in [-0.2, 0) is 5.41 Å². The Kier molecular flexibility index (Phi) is 2.97. The zero-order valence-corrected chi connectivity index (χ0v) is 12.2. The van der Waals surface area contributed by atoms with Crippen molar-refractivity contribution >= 4 is 0 Å². The zero-order valence-electron chi connectivity index (χ0n) is 12.2. The molecule has 0 saturated carbocycles. The number of hydrogen-bond acceptors (Lipinski definition) is 3. The first-order valence-corrected chi connectivity index (χ1v) is 7.12. The molecule has 0 radical (unpaired) electrons. The highest BCUT2D eigenvalue weighted by molar-refractivity contribution is 5.53. The van der Waals surface area contributed by atoms with Crippen molar-refractivity contribution in [2.45, 2.75) is 38.6 Å². The molecule has 1 aliphatic heterocycles. The van der Waals surface area contributed by atoms with Gasteiger partial charge in [0.1, 0.15) is 0 Å². The van der Waals surface area contributed by atoms with E-state index in [9.17, 15) is 0 Å². The van der Waals surface area contributed by atoms with E-state index >= 15 is 0 Å². The van der Waals surface area contributed by atoms with E-state index in [2.05, 4.69) is 38.2 Å². The van der Waals surface area contributed by atoms with Crippen LogP contribution >= 0.6 is 0 Å². The molecule has 2 unspecified atom stereocenters. The minimum atomic E-state index is 0.194. The van der Waals surface area contributed by atoms with E-state index in [4.69, 9.17) is 9.47 Å².